The number of aromatic nitrogens is 3. The van der Waals surface area contributed by atoms with E-state index in [2.05, 4.69) is 170 Å². The third-order valence-electron chi connectivity index (χ3n) is 10.3. The van der Waals surface area contributed by atoms with E-state index in [0.717, 1.165) is 38.6 Å². The van der Waals surface area contributed by atoms with Crippen molar-refractivity contribution in [1.29, 1.82) is 0 Å². The van der Waals surface area contributed by atoms with Crippen molar-refractivity contribution in [3.05, 3.63) is 200 Å². The molecule has 0 saturated carbocycles. The lowest BCUT2D eigenvalue weighted by Crippen LogP contribution is -2.01. The first-order chi connectivity index (χ1) is 26.8. The summed E-state index contributed by atoms with van der Waals surface area (Å²) in [5.74, 6) is 1.93. The molecule has 0 aliphatic carbocycles. The topological polar surface area (TPSA) is 38.7 Å². The number of hydrogen-bond donors (Lipinski definition) is 0. The van der Waals surface area contributed by atoms with Crippen LogP contribution in [0, 0.1) is 0 Å². The van der Waals surface area contributed by atoms with Gasteiger partial charge < -0.3 is 0 Å². The highest BCUT2D eigenvalue weighted by Crippen LogP contribution is 2.39. The van der Waals surface area contributed by atoms with Gasteiger partial charge in [0, 0.05) is 16.7 Å². The average Bonchev–Trinajstić information content (AvgIpc) is 3.26. The lowest BCUT2D eigenvalue weighted by atomic mass is 9.92. The van der Waals surface area contributed by atoms with Gasteiger partial charge >= 0.3 is 0 Å². The van der Waals surface area contributed by atoms with Crippen LogP contribution < -0.4 is 0 Å². The van der Waals surface area contributed by atoms with Crippen molar-refractivity contribution in [3.8, 4) is 67.5 Å². The van der Waals surface area contributed by atoms with Crippen LogP contribution in [0.15, 0.2) is 200 Å². The molecule has 0 radical (unpaired) electrons. The molecule has 0 aliphatic heterocycles. The summed E-state index contributed by atoms with van der Waals surface area (Å²) >= 11 is 0. The average molecular weight is 688 g/mol. The third kappa shape index (κ3) is 5.69. The van der Waals surface area contributed by atoms with Crippen LogP contribution in [0.5, 0.6) is 0 Å². The first-order valence-electron chi connectivity index (χ1n) is 18.3. The molecule has 3 heteroatoms. The van der Waals surface area contributed by atoms with Crippen LogP contribution >= 0.6 is 0 Å². The molecule has 1 heterocycles. The van der Waals surface area contributed by atoms with E-state index in [0.29, 0.717) is 17.5 Å². The van der Waals surface area contributed by atoms with E-state index >= 15 is 0 Å². The highest BCUT2D eigenvalue weighted by molar-refractivity contribution is 6.11. The summed E-state index contributed by atoms with van der Waals surface area (Å²) in [7, 11) is 0. The zero-order chi connectivity index (χ0) is 35.8. The fraction of sp³-hybridized carbons (Fsp3) is 0. The summed E-state index contributed by atoms with van der Waals surface area (Å²) in [6, 6.07) is 70.6. The fourth-order valence-corrected chi connectivity index (χ4v) is 7.68. The summed E-state index contributed by atoms with van der Waals surface area (Å²) in [5, 5.41) is 7.20. The summed E-state index contributed by atoms with van der Waals surface area (Å²) in [6.45, 7) is 0. The van der Waals surface area contributed by atoms with Crippen molar-refractivity contribution in [2.75, 3.05) is 0 Å². The van der Waals surface area contributed by atoms with Gasteiger partial charge in [-0.25, -0.2) is 15.0 Å². The normalized spacial score (nSPS) is 11.3. The van der Waals surface area contributed by atoms with Crippen molar-refractivity contribution >= 4 is 32.3 Å². The Bertz CT molecular complexity index is 2970. The largest absolute Gasteiger partial charge is 0.208 e. The Morgan fingerprint density at radius 2 is 0.685 bits per heavy atom. The van der Waals surface area contributed by atoms with Gasteiger partial charge in [-0.3, -0.25) is 0 Å². The van der Waals surface area contributed by atoms with Gasteiger partial charge in [0.1, 0.15) is 0 Å². The Hall–Kier alpha value is -7.23. The molecule has 0 fully saturated rings. The molecule has 9 aromatic carbocycles. The lowest BCUT2D eigenvalue weighted by molar-refractivity contribution is 1.08. The summed E-state index contributed by atoms with van der Waals surface area (Å²) < 4.78 is 0. The standard InChI is InChI=1S/C51H33N3/c1-4-14-34(15-5-1)37-26-28-42-38(32-37)24-25-39-33-40(27-29-43(39)42)44-30-31-48(46-22-12-11-21-45(44)46)51-53-49(36-18-8-3-9-19-36)52-50(54-51)47-23-13-10-20-41(47)35-16-6-2-7-17-35/h1-33H. The van der Waals surface area contributed by atoms with E-state index in [-0.39, 0.29) is 0 Å². The number of hydrogen-bond acceptors (Lipinski definition) is 3. The minimum atomic E-state index is 0.643. The molecule has 0 amide bonds. The second kappa shape index (κ2) is 13.4. The van der Waals surface area contributed by atoms with Crippen LogP contribution in [0.25, 0.3) is 99.9 Å². The van der Waals surface area contributed by atoms with Gasteiger partial charge in [-0.2, -0.15) is 0 Å². The Morgan fingerprint density at radius 1 is 0.222 bits per heavy atom. The molecule has 252 valence electrons. The van der Waals surface area contributed by atoms with Crippen LogP contribution in [0.3, 0.4) is 0 Å². The van der Waals surface area contributed by atoms with Gasteiger partial charge in [0.15, 0.2) is 17.5 Å². The zero-order valence-corrected chi connectivity index (χ0v) is 29.4. The number of nitrogens with zero attached hydrogens (tertiary/aromatic N) is 3. The minimum absolute atomic E-state index is 0.643. The molecule has 0 unspecified atom stereocenters. The van der Waals surface area contributed by atoms with Gasteiger partial charge in [0.2, 0.25) is 0 Å². The molecule has 0 spiro atoms. The molecule has 0 aliphatic rings. The summed E-state index contributed by atoms with van der Waals surface area (Å²) in [5.41, 5.74) is 9.87. The lowest BCUT2D eigenvalue weighted by Gasteiger charge is -2.15. The van der Waals surface area contributed by atoms with Crippen LogP contribution in [0.2, 0.25) is 0 Å². The van der Waals surface area contributed by atoms with Gasteiger partial charge in [-0.05, 0) is 83.9 Å². The Balaban J connectivity index is 1.10. The van der Waals surface area contributed by atoms with E-state index in [9.17, 15) is 0 Å². The van der Waals surface area contributed by atoms with Gasteiger partial charge in [0.05, 0.1) is 0 Å². The molecule has 10 rings (SSSR count). The fourth-order valence-electron chi connectivity index (χ4n) is 7.68. The molecular formula is C51H33N3. The molecule has 0 bridgehead atoms. The van der Waals surface area contributed by atoms with Crippen molar-refractivity contribution in [3.63, 3.8) is 0 Å². The van der Waals surface area contributed by atoms with Crippen molar-refractivity contribution in [2.45, 2.75) is 0 Å². The molecule has 0 N–H and O–H groups in total. The van der Waals surface area contributed by atoms with E-state index in [1.165, 1.54) is 43.8 Å². The highest BCUT2D eigenvalue weighted by Gasteiger charge is 2.18. The van der Waals surface area contributed by atoms with E-state index in [4.69, 9.17) is 15.0 Å². The third-order valence-corrected chi connectivity index (χ3v) is 10.3. The van der Waals surface area contributed by atoms with Gasteiger partial charge in [0.25, 0.3) is 0 Å². The van der Waals surface area contributed by atoms with Crippen molar-refractivity contribution in [1.82, 2.24) is 15.0 Å². The molecule has 1 aromatic heterocycles. The van der Waals surface area contributed by atoms with Crippen molar-refractivity contribution in [2.24, 2.45) is 0 Å². The first-order valence-corrected chi connectivity index (χ1v) is 18.3. The predicted molar refractivity (Wildman–Crippen MR) is 225 cm³/mol. The van der Waals surface area contributed by atoms with E-state index in [1.807, 2.05) is 30.3 Å². The Morgan fingerprint density at radius 3 is 1.35 bits per heavy atom. The first kappa shape index (κ1) is 31.5. The maximum absolute atomic E-state index is 5.21. The van der Waals surface area contributed by atoms with E-state index in [1.54, 1.807) is 0 Å². The highest BCUT2D eigenvalue weighted by atomic mass is 15.0. The van der Waals surface area contributed by atoms with Crippen LogP contribution in [-0.2, 0) is 0 Å². The number of fused-ring (bicyclic) bond motifs is 4. The molecule has 3 nitrogen and oxygen atoms in total. The second-order valence-electron chi connectivity index (χ2n) is 13.6. The monoisotopic (exact) mass is 687 g/mol. The maximum atomic E-state index is 5.21. The summed E-state index contributed by atoms with van der Waals surface area (Å²) in [4.78, 5) is 15.4. The molecule has 0 atom stereocenters. The zero-order valence-electron chi connectivity index (χ0n) is 29.4. The predicted octanol–water partition coefficient (Wildman–Crippen LogP) is 13.3. The quantitative estimate of drug-likeness (QED) is 0.163. The van der Waals surface area contributed by atoms with Gasteiger partial charge in [-0.15, -0.1) is 0 Å². The maximum Gasteiger partial charge on any atom is 0.164 e. The molecular weight excluding hydrogens is 655 g/mol. The van der Waals surface area contributed by atoms with Gasteiger partial charge in [-0.1, -0.05) is 182 Å². The SMILES string of the molecule is c1ccc(-c2ccc3c(ccc4cc(-c5ccc(-c6nc(-c7ccccc7)nc(-c7ccccc7-c7ccccc7)n6)c6ccccc56)ccc43)c2)cc1. The molecule has 0 saturated heterocycles. The van der Waals surface area contributed by atoms with Crippen LogP contribution in [-0.4, -0.2) is 15.0 Å². The molecule has 54 heavy (non-hydrogen) atoms. The number of benzene rings is 9. The van der Waals surface area contributed by atoms with Crippen molar-refractivity contribution < 1.29 is 0 Å². The Kier molecular flexibility index (Phi) is 7.81. The van der Waals surface area contributed by atoms with Crippen LogP contribution in [0.4, 0.5) is 0 Å². The van der Waals surface area contributed by atoms with Crippen LogP contribution in [0.1, 0.15) is 0 Å². The Labute approximate surface area is 313 Å². The summed E-state index contributed by atoms with van der Waals surface area (Å²) in [6.07, 6.45) is 0. The molecule has 10 aromatic rings. The minimum Gasteiger partial charge on any atom is -0.208 e. The van der Waals surface area contributed by atoms with E-state index < -0.39 is 0 Å². The smallest absolute Gasteiger partial charge is 0.164 e. The number of rotatable bonds is 6. The second-order valence-corrected chi connectivity index (χ2v) is 13.6.